The minimum atomic E-state index is 0.706. The van der Waals surface area contributed by atoms with Gasteiger partial charge in [0, 0.05) is 18.5 Å². The summed E-state index contributed by atoms with van der Waals surface area (Å²) in [5, 5.41) is 0. The number of nitrogen functional groups attached to an aromatic ring is 1. The van der Waals surface area contributed by atoms with Crippen molar-refractivity contribution in [1.82, 2.24) is 9.55 Å². The number of hydrogen-bond donors (Lipinski definition) is 1. The second-order valence-electron chi connectivity index (χ2n) is 5.68. The van der Waals surface area contributed by atoms with Crippen LogP contribution in [-0.4, -0.2) is 9.55 Å². The van der Waals surface area contributed by atoms with Gasteiger partial charge in [-0.05, 0) is 38.3 Å². The van der Waals surface area contributed by atoms with Gasteiger partial charge in [-0.15, -0.1) is 6.58 Å². The molecule has 1 heterocycles. The van der Waals surface area contributed by atoms with Crippen LogP contribution in [0.2, 0.25) is 0 Å². The topological polar surface area (TPSA) is 43.8 Å². The number of imidazole rings is 1. The Bertz CT molecular complexity index is 642. The van der Waals surface area contributed by atoms with Crippen molar-refractivity contribution in [3.8, 4) is 11.3 Å². The molecular weight excluding hydrogens is 258 g/mol. The minimum Gasteiger partial charge on any atom is -0.383 e. The molecule has 0 unspecified atom stereocenters. The summed E-state index contributed by atoms with van der Waals surface area (Å²) in [5.74, 6) is 1.79. The zero-order chi connectivity index (χ0) is 15.6. The van der Waals surface area contributed by atoms with Crippen molar-refractivity contribution in [2.45, 2.75) is 47.1 Å². The third-order valence-corrected chi connectivity index (χ3v) is 3.78. The van der Waals surface area contributed by atoms with Crippen LogP contribution < -0.4 is 5.73 Å². The monoisotopic (exact) mass is 283 g/mol. The van der Waals surface area contributed by atoms with E-state index in [0.717, 1.165) is 30.2 Å². The smallest absolute Gasteiger partial charge is 0.132 e. The standard InChI is InChI=1S/C18H25N3/c1-6-8-15-20-17(18(19)21(15)9-7-2)16-13(4)10-12(3)11-14(16)5/h7,10-11H,2,6,8-9,19H2,1,3-5H3. The number of aromatic nitrogens is 2. The predicted molar refractivity (Wildman–Crippen MR) is 90.5 cm³/mol. The van der Waals surface area contributed by atoms with Crippen LogP contribution in [0.3, 0.4) is 0 Å². The fraction of sp³-hybridized carbons (Fsp3) is 0.389. The lowest BCUT2D eigenvalue weighted by molar-refractivity contribution is 0.724. The highest BCUT2D eigenvalue weighted by atomic mass is 15.1. The minimum absolute atomic E-state index is 0.706. The van der Waals surface area contributed by atoms with E-state index < -0.39 is 0 Å². The average Bonchev–Trinajstić information content (AvgIpc) is 2.68. The van der Waals surface area contributed by atoms with Gasteiger partial charge in [-0.25, -0.2) is 4.98 Å². The van der Waals surface area contributed by atoms with Crippen molar-refractivity contribution in [2.24, 2.45) is 0 Å². The molecule has 3 heteroatoms. The molecule has 0 saturated carbocycles. The number of nitrogens with zero attached hydrogens (tertiary/aromatic N) is 2. The highest BCUT2D eigenvalue weighted by Gasteiger charge is 2.18. The maximum atomic E-state index is 6.38. The Labute approximate surface area is 127 Å². The molecule has 112 valence electrons. The number of anilines is 1. The van der Waals surface area contributed by atoms with Gasteiger partial charge in [0.15, 0.2) is 0 Å². The maximum absolute atomic E-state index is 6.38. The molecular formula is C18H25N3. The number of aryl methyl sites for hydroxylation is 4. The van der Waals surface area contributed by atoms with Gasteiger partial charge in [0.05, 0.1) is 0 Å². The summed E-state index contributed by atoms with van der Waals surface area (Å²) in [7, 11) is 0. The lowest BCUT2D eigenvalue weighted by Gasteiger charge is -2.10. The van der Waals surface area contributed by atoms with Gasteiger partial charge in [0.2, 0.25) is 0 Å². The normalized spacial score (nSPS) is 10.9. The summed E-state index contributed by atoms with van der Waals surface area (Å²) in [4.78, 5) is 4.83. The van der Waals surface area contributed by atoms with Gasteiger partial charge in [-0.2, -0.15) is 0 Å². The van der Waals surface area contributed by atoms with Gasteiger partial charge in [-0.1, -0.05) is 30.7 Å². The van der Waals surface area contributed by atoms with E-state index in [0.29, 0.717) is 6.54 Å². The van der Waals surface area contributed by atoms with Crippen molar-refractivity contribution in [3.63, 3.8) is 0 Å². The molecule has 0 aliphatic rings. The van der Waals surface area contributed by atoms with Crippen molar-refractivity contribution in [3.05, 3.63) is 47.3 Å². The van der Waals surface area contributed by atoms with Crippen LogP contribution in [0.15, 0.2) is 24.8 Å². The molecule has 1 aromatic carbocycles. The van der Waals surface area contributed by atoms with Crippen LogP contribution in [-0.2, 0) is 13.0 Å². The van der Waals surface area contributed by atoms with Gasteiger partial charge < -0.3 is 10.3 Å². The Morgan fingerprint density at radius 1 is 1.24 bits per heavy atom. The molecule has 2 N–H and O–H groups in total. The average molecular weight is 283 g/mol. The van der Waals surface area contributed by atoms with Crippen molar-refractivity contribution < 1.29 is 0 Å². The van der Waals surface area contributed by atoms with E-state index in [-0.39, 0.29) is 0 Å². The third kappa shape index (κ3) is 2.87. The highest BCUT2D eigenvalue weighted by Crippen LogP contribution is 2.33. The Morgan fingerprint density at radius 2 is 1.86 bits per heavy atom. The molecule has 21 heavy (non-hydrogen) atoms. The van der Waals surface area contributed by atoms with Gasteiger partial charge in [0.1, 0.15) is 17.3 Å². The lowest BCUT2D eigenvalue weighted by atomic mass is 9.97. The predicted octanol–water partition coefficient (Wildman–Crippen LogP) is 4.20. The molecule has 0 fully saturated rings. The molecule has 0 aliphatic carbocycles. The van der Waals surface area contributed by atoms with Crippen LogP contribution in [0.25, 0.3) is 11.3 Å². The van der Waals surface area contributed by atoms with Gasteiger partial charge >= 0.3 is 0 Å². The first kappa shape index (κ1) is 15.4. The fourth-order valence-electron chi connectivity index (χ4n) is 3.00. The molecule has 0 amide bonds. The van der Waals surface area contributed by atoms with E-state index in [2.05, 4.69) is 51.0 Å². The largest absolute Gasteiger partial charge is 0.383 e. The molecule has 0 aliphatic heterocycles. The second-order valence-corrected chi connectivity index (χ2v) is 5.68. The molecule has 1 aromatic heterocycles. The molecule has 0 radical (unpaired) electrons. The van der Waals surface area contributed by atoms with Crippen molar-refractivity contribution in [2.75, 3.05) is 5.73 Å². The summed E-state index contributed by atoms with van der Waals surface area (Å²) in [6.07, 6.45) is 3.86. The maximum Gasteiger partial charge on any atom is 0.132 e. The van der Waals surface area contributed by atoms with Crippen LogP contribution in [0.4, 0.5) is 5.82 Å². The molecule has 0 atom stereocenters. The second kappa shape index (κ2) is 6.17. The van der Waals surface area contributed by atoms with E-state index in [4.69, 9.17) is 10.7 Å². The Kier molecular flexibility index (Phi) is 4.51. The van der Waals surface area contributed by atoms with E-state index in [1.165, 1.54) is 22.3 Å². The Hall–Kier alpha value is -2.03. The fourth-order valence-corrected chi connectivity index (χ4v) is 3.00. The molecule has 2 rings (SSSR count). The zero-order valence-corrected chi connectivity index (χ0v) is 13.5. The van der Waals surface area contributed by atoms with Crippen molar-refractivity contribution >= 4 is 5.82 Å². The molecule has 3 nitrogen and oxygen atoms in total. The summed E-state index contributed by atoms with van der Waals surface area (Å²) < 4.78 is 2.07. The number of hydrogen-bond acceptors (Lipinski definition) is 2. The van der Waals surface area contributed by atoms with E-state index in [9.17, 15) is 0 Å². The van der Waals surface area contributed by atoms with Crippen LogP contribution in [0.1, 0.15) is 35.9 Å². The van der Waals surface area contributed by atoms with Gasteiger partial charge in [0.25, 0.3) is 0 Å². The number of rotatable bonds is 5. The highest BCUT2D eigenvalue weighted by molar-refractivity contribution is 5.76. The van der Waals surface area contributed by atoms with E-state index in [1.54, 1.807) is 0 Å². The quantitative estimate of drug-likeness (QED) is 0.836. The van der Waals surface area contributed by atoms with E-state index >= 15 is 0 Å². The number of allylic oxidation sites excluding steroid dienone is 1. The first-order chi connectivity index (χ1) is 9.99. The first-order valence-electron chi connectivity index (χ1n) is 7.53. The Morgan fingerprint density at radius 3 is 2.38 bits per heavy atom. The number of nitrogens with two attached hydrogens (primary N) is 1. The third-order valence-electron chi connectivity index (χ3n) is 3.78. The van der Waals surface area contributed by atoms with Crippen molar-refractivity contribution in [1.29, 1.82) is 0 Å². The SMILES string of the molecule is C=CCn1c(CCC)nc(-c2c(C)cc(C)cc2C)c1N. The number of benzene rings is 1. The summed E-state index contributed by atoms with van der Waals surface area (Å²) in [6, 6.07) is 4.38. The van der Waals surface area contributed by atoms with Crippen LogP contribution >= 0.6 is 0 Å². The first-order valence-corrected chi connectivity index (χ1v) is 7.53. The zero-order valence-electron chi connectivity index (χ0n) is 13.5. The summed E-state index contributed by atoms with van der Waals surface area (Å²) in [5.41, 5.74) is 12.2. The van der Waals surface area contributed by atoms with E-state index in [1.807, 2.05) is 6.08 Å². The Balaban J connectivity index is 2.64. The van der Waals surface area contributed by atoms with Crippen LogP contribution in [0, 0.1) is 20.8 Å². The molecule has 0 spiro atoms. The molecule has 0 bridgehead atoms. The lowest BCUT2D eigenvalue weighted by Crippen LogP contribution is -2.06. The van der Waals surface area contributed by atoms with Gasteiger partial charge in [-0.3, -0.25) is 0 Å². The summed E-state index contributed by atoms with van der Waals surface area (Å²) in [6.45, 7) is 13.1. The van der Waals surface area contributed by atoms with Crippen LogP contribution in [0.5, 0.6) is 0 Å². The summed E-state index contributed by atoms with van der Waals surface area (Å²) >= 11 is 0. The molecule has 0 saturated heterocycles. The molecule has 2 aromatic rings.